The molecule has 0 radical (unpaired) electrons. The summed E-state index contributed by atoms with van der Waals surface area (Å²) in [6.45, 7) is 3.93. The number of aryl methyl sites for hydroxylation is 2. The molecule has 7 heteroatoms. The number of amides is 1. The fourth-order valence-electron chi connectivity index (χ4n) is 3.45. The second-order valence-electron chi connectivity index (χ2n) is 7.02. The number of rotatable bonds is 6. The van der Waals surface area contributed by atoms with Crippen LogP contribution in [0.3, 0.4) is 0 Å². The summed E-state index contributed by atoms with van der Waals surface area (Å²) < 4.78 is 13.7. The average Bonchev–Trinajstić information content (AvgIpc) is 2.95. The predicted molar refractivity (Wildman–Crippen MR) is 101 cm³/mol. The summed E-state index contributed by atoms with van der Waals surface area (Å²) in [4.78, 5) is 12.1. The van der Waals surface area contributed by atoms with Gasteiger partial charge in [0.15, 0.2) is 11.5 Å². The van der Waals surface area contributed by atoms with Gasteiger partial charge in [0, 0.05) is 38.9 Å². The summed E-state index contributed by atoms with van der Waals surface area (Å²) in [5, 5.41) is 11.0. The van der Waals surface area contributed by atoms with Crippen LogP contribution in [-0.4, -0.2) is 41.5 Å². The summed E-state index contributed by atoms with van der Waals surface area (Å²) in [5.41, 5.74) is 2.20. The van der Waals surface area contributed by atoms with Crippen LogP contribution in [0.2, 0.25) is 0 Å². The summed E-state index contributed by atoms with van der Waals surface area (Å²) in [6, 6.07) is 9.77. The molecular weight excluding hydrogens is 344 g/mol. The fourth-order valence-corrected chi connectivity index (χ4v) is 3.45. The van der Waals surface area contributed by atoms with E-state index in [1.54, 1.807) is 0 Å². The van der Waals surface area contributed by atoms with Crippen molar-refractivity contribution >= 4 is 5.91 Å². The van der Waals surface area contributed by atoms with E-state index in [1.807, 2.05) is 24.3 Å². The third-order valence-corrected chi connectivity index (χ3v) is 4.91. The van der Waals surface area contributed by atoms with Crippen LogP contribution in [0.5, 0.6) is 11.5 Å². The standard InChI is InChI=1S/C20H26N4O3/c25-20(7-6-15-12-16-13-21-9-3-11-24(16)23-15)22-10-8-17-14-26-18-4-1-2-5-19(18)27-17/h1-2,4-5,12,17,21H,3,6-11,13-14H2,(H,22,25)/t17-/m1/s1. The molecule has 1 aromatic carbocycles. The molecule has 4 rings (SSSR count). The van der Waals surface area contributed by atoms with Crippen LogP contribution in [0.15, 0.2) is 30.3 Å². The Kier molecular flexibility index (Phi) is 5.58. The lowest BCUT2D eigenvalue weighted by molar-refractivity contribution is -0.121. The smallest absolute Gasteiger partial charge is 0.220 e. The van der Waals surface area contributed by atoms with Crippen molar-refractivity contribution in [2.45, 2.75) is 44.9 Å². The average molecular weight is 370 g/mol. The van der Waals surface area contributed by atoms with E-state index in [1.165, 1.54) is 5.69 Å². The summed E-state index contributed by atoms with van der Waals surface area (Å²) in [6.07, 6.45) is 2.91. The molecule has 0 fully saturated rings. The zero-order valence-corrected chi connectivity index (χ0v) is 15.4. The molecule has 7 nitrogen and oxygen atoms in total. The highest BCUT2D eigenvalue weighted by atomic mass is 16.6. The van der Waals surface area contributed by atoms with Crippen LogP contribution >= 0.6 is 0 Å². The number of hydrogen-bond acceptors (Lipinski definition) is 5. The van der Waals surface area contributed by atoms with E-state index in [0.29, 0.717) is 26.0 Å². The molecule has 2 N–H and O–H groups in total. The third kappa shape index (κ3) is 4.60. The second kappa shape index (κ2) is 8.43. The van der Waals surface area contributed by atoms with E-state index in [9.17, 15) is 4.79 Å². The zero-order chi connectivity index (χ0) is 18.5. The molecule has 0 unspecified atom stereocenters. The lowest BCUT2D eigenvalue weighted by Gasteiger charge is -2.26. The van der Waals surface area contributed by atoms with Crippen LogP contribution in [0.4, 0.5) is 0 Å². The molecule has 1 atom stereocenters. The molecule has 2 aliphatic heterocycles. The fraction of sp³-hybridized carbons (Fsp3) is 0.500. The maximum absolute atomic E-state index is 12.1. The SMILES string of the molecule is O=C(CCc1cc2n(n1)CCCNC2)NCC[C@@H]1COc2ccccc2O1. The monoisotopic (exact) mass is 370 g/mol. The third-order valence-electron chi connectivity index (χ3n) is 4.91. The number of hydrogen-bond donors (Lipinski definition) is 2. The number of nitrogens with zero attached hydrogens (tertiary/aromatic N) is 2. The maximum atomic E-state index is 12.1. The van der Waals surface area contributed by atoms with E-state index in [4.69, 9.17) is 9.47 Å². The number of ether oxygens (including phenoxy) is 2. The normalized spacial score (nSPS) is 18.4. The van der Waals surface area contributed by atoms with Crippen molar-refractivity contribution < 1.29 is 14.3 Å². The van der Waals surface area contributed by atoms with Crippen LogP contribution in [0.25, 0.3) is 0 Å². The Morgan fingerprint density at radius 3 is 3.15 bits per heavy atom. The Hall–Kier alpha value is -2.54. The minimum atomic E-state index is -0.0310. The molecule has 0 aliphatic carbocycles. The molecule has 0 saturated carbocycles. The summed E-state index contributed by atoms with van der Waals surface area (Å²) in [7, 11) is 0. The van der Waals surface area contributed by atoms with Crippen molar-refractivity contribution in [3.63, 3.8) is 0 Å². The Labute approximate surface area is 159 Å². The van der Waals surface area contributed by atoms with E-state index in [0.717, 1.165) is 49.7 Å². The van der Waals surface area contributed by atoms with Crippen molar-refractivity contribution in [2.75, 3.05) is 19.7 Å². The van der Waals surface area contributed by atoms with E-state index in [-0.39, 0.29) is 12.0 Å². The van der Waals surface area contributed by atoms with Gasteiger partial charge in [-0.3, -0.25) is 9.48 Å². The van der Waals surface area contributed by atoms with Gasteiger partial charge in [-0.15, -0.1) is 0 Å². The van der Waals surface area contributed by atoms with Gasteiger partial charge >= 0.3 is 0 Å². The number of para-hydroxylation sites is 2. The van der Waals surface area contributed by atoms with Gasteiger partial charge in [-0.05, 0) is 31.2 Å². The number of fused-ring (bicyclic) bond motifs is 2. The summed E-state index contributed by atoms with van der Waals surface area (Å²) in [5.74, 6) is 1.61. The van der Waals surface area contributed by atoms with Crippen molar-refractivity contribution in [1.29, 1.82) is 0 Å². The van der Waals surface area contributed by atoms with Gasteiger partial charge in [-0.25, -0.2) is 0 Å². The number of carbonyl (C=O) groups is 1. The Morgan fingerprint density at radius 2 is 2.22 bits per heavy atom. The van der Waals surface area contributed by atoms with Gasteiger partial charge in [0.05, 0.1) is 11.4 Å². The highest BCUT2D eigenvalue weighted by Crippen LogP contribution is 2.31. The van der Waals surface area contributed by atoms with E-state index in [2.05, 4.69) is 26.5 Å². The quantitative estimate of drug-likeness (QED) is 0.809. The molecule has 0 spiro atoms. The largest absolute Gasteiger partial charge is 0.486 e. The number of nitrogens with one attached hydrogen (secondary N) is 2. The minimum absolute atomic E-state index is 0.0310. The van der Waals surface area contributed by atoms with Crippen LogP contribution < -0.4 is 20.1 Å². The lowest BCUT2D eigenvalue weighted by atomic mass is 10.2. The maximum Gasteiger partial charge on any atom is 0.220 e. The molecule has 1 amide bonds. The van der Waals surface area contributed by atoms with Gasteiger partial charge < -0.3 is 20.1 Å². The van der Waals surface area contributed by atoms with Crippen molar-refractivity contribution in [2.24, 2.45) is 0 Å². The Morgan fingerprint density at radius 1 is 1.33 bits per heavy atom. The molecule has 2 aromatic rings. The highest BCUT2D eigenvalue weighted by molar-refractivity contribution is 5.76. The topological polar surface area (TPSA) is 77.4 Å². The zero-order valence-electron chi connectivity index (χ0n) is 15.4. The lowest BCUT2D eigenvalue weighted by Crippen LogP contribution is -2.34. The van der Waals surface area contributed by atoms with Crippen LogP contribution in [0.1, 0.15) is 30.7 Å². The first-order valence-corrected chi connectivity index (χ1v) is 9.69. The van der Waals surface area contributed by atoms with Gasteiger partial charge in [0.2, 0.25) is 5.91 Å². The first-order chi connectivity index (χ1) is 13.3. The number of benzene rings is 1. The molecule has 144 valence electrons. The number of carbonyl (C=O) groups excluding carboxylic acids is 1. The van der Waals surface area contributed by atoms with E-state index >= 15 is 0 Å². The second-order valence-corrected chi connectivity index (χ2v) is 7.02. The molecule has 3 heterocycles. The first-order valence-electron chi connectivity index (χ1n) is 9.69. The molecule has 0 bridgehead atoms. The van der Waals surface area contributed by atoms with E-state index < -0.39 is 0 Å². The number of aromatic nitrogens is 2. The molecule has 0 saturated heterocycles. The first kappa shape index (κ1) is 17.9. The van der Waals surface area contributed by atoms with Crippen LogP contribution in [0, 0.1) is 0 Å². The molecular formula is C20H26N4O3. The van der Waals surface area contributed by atoms with Crippen molar-refractivity contribution in [3.05, 3.63) is 41.7 Å². The Bertz CT molecular complexity index is 766. The van der Waals surface area contributed by atoms with Gasteiger partial charge in [-0.1, -0.05) is 12.1 Å². The molecule has 27 heavy (non-hydrogen) atoms. The van der Waals surface area contributed by atoms with Crippen molar-refractivity contribution in [3.8, 4) is 11.5 Å². The molecule has 1 aromatic heterocycles. The van der Waals surface area contributed by atoms with Crippen molar-refractivity contribution in [1.82, 2.24) is 20.4 Å². The predicted octanol–water partition coefficient (Wildman–Crippen LogP) is 1.66. The Balaban J connectivity index is 1.17. The summed E-state index contributed by atoms with van der Waals surface area (Å²) >= 11 is 0. The van der Waals surface area contributed by atoms with Gasteiger partial charge in [0.25, 0.3) is 0 Å². The van der Waals surface area contributed by atoms with Gasteiger partial charge in [0.1, 0.15) is 12.7 Å². The highest BCUT2D eigenvalue weighted by Gasteiger charge is 2.20. The molecule has 2 aliphatic rings. The van der Waals surface area contributed by atoms with Gasteiger partial charge in [-0.2, -0.15) is 5.10 Å². The van der Waals surface area contributed by atoms with Crippen LogP contribution in [-0.2, 0) is 24.3 Å². The minimum Gasteiger partial charge on any atom is -0.486 e.